The molecule has 0 aromatic heterocycles. The molecule has 0 aliphatic rings. The molecule has 12 N–H and O–H groups in total. The van der Waals surface area contributed by atoms with Crippen LogP contribution in [-0.4, -0.2) is 49.8 Å². The van der Waals surface area contributed by atoms with Gasteiger partial charge in [-0.05, 0) is 24.3 Å². The summed E-state index contributed by atoms with van der Waals surface area (Å²) in [7, 11) is 0. The van der Waals surface area contributed by atoms with Crippen LogP contribution in [0.2, 0.25) is 0 Å². The molecule has 10 heteroatoms. The van der Waals surface area contributed by atoms with Crippen LogP contribution in [0.3, 0.4) is 0 Å². The van der Waals surface area contributed by atoms with E-state index >= 15 is 0 Å². The lowest BCUT2D eigenvalue weighted by Crippen LogP contribution is -2.11. The largest absolute Gasteiger partial charge is 0.490 e. The summed E-state index contributed by atoms with van der Waals surface area (Å²) < 4.78 is 15.6. The predicted octanol–water partition coefficient (Wildman–Crippen LogP) is -0.218. The molecule has 0 saturated heterocycles. The van der Waals surface area contributed by atoms with Gasteiger partial charge in [0.25, 0.3) is 0 Å². The van der Waals surface area contributed by atoms with Crippen molar-refractivity contribution in [1.29, 1.82) is 0 Å². The molecule has 0 fully saturated rings. The van der Waals surface area contributed by atoms with E-state index in [1.165, 1.54) is 12.1 Å². The van der Waals surface area contributed by atoms with Crippen LogP contribution in [0.25, 0.3) is 0 Å². The van der Waals surface area contributed by atoms with E-state index in [2.05, 4.69) is 0 Å². The van der Waals surface area contributed by atoms with Gasteiger partial charge in [-0.15, -0.1) is 0 Å². The minimum absolute atomic E-state index is 0.101. The summed E-state index contributed by atoms with van der Waals surface area (Å²) in [4.78, 5) is 0. The van der Waals surface area contributed by atoms with Crippen LogP contribution in [0.15, 0.2) is 30.3 Å². The molecule has 28 heavy (non-hydrogen) atoms. The number of hydrogen-bond acceptors (Lipinski definition) is 10. The monoisotopic (exact) mass is 395 g/mol. The van der Waals surface area contributed by atoms with Crippen molar-refractivity contribution in [3.8, 4) is 17.2 Å². The van der Waals surface area contributed by atoms with Crippen molar-refractivity contribution in [2.24, 2.45) is 5.73 Å². The Morgan fingerprint density at radius 1 is 0.643 bits per heavy atom. The maximum Gasteiger partial charge on any atom is 0.146 e. The number of nitrogen functional groups attached to an aromatic ring is 4. The third kappa shape index (κ3) is 7.66. The van der Waals surface area contributed by atoms with Crippen LogP contribution in [0.4, 0.5) is 22.7 Å². The second kappa shape index (κ2) is 12.3. The Hall–Kier alpha value is -3.08. The van der Waals surface area contributed by atoms with E-state index in [4.69, 9.17) is 53.1 Å². The molecular formula is C18H29N5O5. The summed E-state index contributed by atoms with van der Waals surface area (Å²) in [6.45, 7) is 1.03. The van der Waals surface area contributed by atoms with E-state index in [9.17, 15) is 0 Å². The van der Waals surface area contributed by atoms with Gasteiger partial charge >= 0.3 is 0 Å². The minimum atomic E-state index is -0.101. The molecule has 0 atom stereocenters. The van der Waals surface area contributed by atoms with Gasteiger partial charge in [-0.25, -0.2) is 0 Å². The molecule has 156 valence electrons. The summed E-state index contributed by atoms with van der Waals surface area (Å²) >= 11 is 0. The van der Waals surface area contributed by atoms with Crippen molar-refractivity contribution >= 4 is 22.7 Å². The lowest BCUT2D eigenvalue weighted by atomic mass is 10.2. The molecule has 0 unspecified atom stereocenters. The predicted molar refractivity (Wildman–Crippen MR) is 110 cm³/mol. The van der Waals surface area contributed by atoms with Gasteiger partial charge in [0.05, 0.1) is 30.3 Å². The van der Waals surface area contributed by atoms with Crippen LogP contribution in [0.5, 0.6) is 17.2 Å². The zero-order valence-corrected chi connectivity index (χ0v) is 15.6. The van der Waals surface area contributed by atoms with Crippen LogP contribution in [0, 0.1) is 0 Å². The van der Waals surface area contributed by atoms with Gasteiger partial charge in [-0.2, -0.15) is 0 Å². The first-order chi connectivity index (χ1) is 13.4. The molecule has 0 aliphatic carbocycles. The Labute approximate surface area is 163 Å². The number of hydrogen-bond donors (Lipinski definition) is 7. The highest BCUT2D eigenvalue weighted by atomic mass is 16.5. The van der Waals surface area contributed by atoms with E-state index in [1.807, 2.05) is 0 Å². The molecule has 2 rings (SSSR count). The Bertz CT molecular complexity index is 701. The van der Waals surface area contributed by atoms with Crippen LogP contribution in [-0.2, 0) is 0 Å². The normalized spacial score (nSPS) is 9.96. The number of ether oxygens (including phenoxy) is 3. The van der Waals surface area contributed by atoms with Crippen LogP contribution in [0.1, 0.15) is 0 Å². The summed E-state index contributed by atoms with van der Waals surface area (Å²) in [6.07, 6.45) is 0. The Balaban J connectivity index is 0.000000292. The molecule has 0 radical (unpaired) electrons. The lowest BCUT2D eigenvalue weighted by molar-refractivity contribution is 0.195. The molecule has 10 nitrogen and oxygen atoms in total. The summed E-state index contributed by atoms with van der Waals surface area (Å²) in [5.41, 5.74) is 29.6. The molecular weight excluding hydrogens is 366 g/mol. The Morgan fingerprint density at radius 2 is 1.14 bits per heavy atom. The number of rotatable bonds is 9. The summed E-state index contributed by atoms with van der Waals surface area (Å²) in [5.74, 6) is 1.43. The molecule has 0 bridgehead atoms. The van der Waals surface area contributed by atoms with E-state index < -0.39 is 0 Å². The van der Waals surface area contributed by atoms with Gasteiger partial charge in [-0.3, -0.25) is 0 Å². The number of benzene rings is 2. The fourth-order valence-corrected chi connectivity index (χ4v) is 2.02. The molecule has 2 aromatic carbocycles. The number of aliphatic hydroxyl groups excluding tert-OH is 2. The van der Waals surface area contributed by atoms with Crippen LogP contribution < -0.4 is 42.9 Å². The van der Waals surface area contributed by atoms with Gasteiger partial charge in [-0.1, -0.05) is 0 Å². The zero-order valence-electron chi connectivity index (χ0n) is 15.6. The SMILES string of the molecule is NCCOc1ccc(N)cc1N.Nc1cc(N)c(OCCO)cc1OCCO. The number of nitrogens with two attached hydrogens (primary N) is 5. The topological polar surface area (TPSA) is 198 Å². The highest BCUT2D eigenvalue weighted by molar-refractivity contribution is 5.67. The Kier molecular flexibility index (Phi) is 10.1. The Morgan fingerprint density at radius 3 is 1.61 bits per heavy atom. The van der Waals surface area contributed by atoms with Crippen molar-refractivity contribution in [2.75, 3.05) is 62.5 Å². The van der Waals surface area contributed by atoms with Gasteiger partial charge in [0.2, 0.25) is 0 Å². The first-order valence-corrected chi connectivity index (χ1v) is 8.57. The van der Waals surface area contributed by atoms with E-state index in [0.717, 1.165) is 0 Å². The van der Waals surface area contributed by atoms with Crippen LogP contribution >= 0.6 is 0 Å². The molecule has 2 aromatic rings. The lowest BCUT2D eigenvalue weighted by Gasteiger charge is -2.12. The number of anilines is 4. The first-order valence-electron chi connectivity index (χ1n) is 8.57. The highest BCUT2D eigenvalue weighted by Gasteiger charge is 2.08. The molecule has 0 heterocycles. The quantitative estimate of drug-likeness (QED) is 0.278. The molecule has 0 saturated carbocycles. The van der Waals surface area contributed by atoms with Gasteiger partial charge < -0.3 is 53.1 Å². The van der Waals surface area contributed by atoms with Crippen molar-refractivity contribution < 1.29 is 24.4 Å². The van der Waals surface area contributed by atoms with Crippen molar-refractivity contribution in [1.82, 2.24) is 0 Å². The zero-order chi connectivity index (χ0) is 20.9. The second-order valence-electron chi connectivity index (χ2n) is 5.51. The van der Waals surface area contributed by atoms with Crippen molar-refractivity contribution in [2.45, 2.75) is 0 Å². The van der Waals surface area contributed by atoms with Gasteiger partial charge in [0.15, 0.2) is 0 Å². The molecule has 0 aliphatic heterocycles. The van der Waals surface area contributed by atoms with Gasteiger partial charge in [0, 0.05) is 18.3 Å². The third-order valence-electron chi connectivity index (χ3n) is 3.25. The maximum absolute atomic E-state index is 8.63. The highest BCUT2D eigenvalue weighted by Crippen LogP contribution is 2.32. The first kappa shape index (κ1) is 23.0. The fraction of sp³-hybridized carbons (Fsp3) is 0.333. The minimum Gasteiger partial charge on any atom is -0.490 e. The van der Waals surface area contributed by atoms with Crippen molar-refractivity contribution in [3.63, 3.8) is 0 Å². The maximum atomic E-state index is 8.63. The third-order valence-corrected chi connectivity index (χ3v) is 3.25. The van der Waals surface area contributed by atoms with E-state index in [0.29, 0.717) is 53.1 Å². The molecule has 0 amide bonds. The van der Waals surface area contributed by atoms with Gasteiger partial charge in [0.1, 0.15) is 37.1 Å². The van der Waals surface area contributed by atoms with Crippen molar-refractivity contribution in [3.05, 3.63) is 30.3 Å². The van der Waals surface area contributed by atoms with E-state index in [-0.39, 0.29) is 26.4 Å². The fourth-order valence-electron chi connectivity index (χ4n) is 2.02. The molecule has 0 spiro atoms. The second-order valence-corrected chi connectivity index (χ2v) is 5.51. The average molecular weight is 395 g/mol. The standard InChI is InChI=1S/C10H16N2O4.C8H13N3O/c11-7-5-8(12)10(16-4-2-14)6-9(7)15-3-1-13;9-3-4-12-8-2-1-6(10)5-7(8)11/h5-6,13-14H,1-4,11-12H2;1-2,5H,3-4,9-11H2. The summed E-state index contributed by atoms with van der Waals surface area (Å²) in [6, 6.07) is 8.18. The summed E-state index contributed by atoms with van der Waals surface area (Å²) in [5, 5.41) is 17.3. The smallest absolute Gasteiger partial charge is 0.146 e. The average Bonchev–Trinajstić information content (AvgIpc) is 2.66. The number of aliphatic hydroxyl groups is 2. The van der Waals surface area contributed by atoms with E-state index in [1.54, 1.807) is 18.2 Å².